The number of anilines is 1. The Hall–Kier alpha value is -2.16. The van der Waals surface area contributed by atoms with Gasteiger partial charge in [0.1, 0.15) is 11.9 Å². The van der Waals surface area contributed by atoms with Crippen LogP contribution in [0.2, 0.25) is 5.02 Å². The van der Waals surface area contributed by atoms with Crippen LogP contribution in [0, 0.1) is 0 Å². The Kier molecular flexibility index (Phi) is 4.83. The molecule has 154 valence electrons. The molecule has 9 heteroatoms. The van der Waals surface area contributed by atoms with Crippen LogP contribution in [0.5, 0.6) is 5.75 Å². The predicted molar refractivity (Wildman–Crippen MR) is 111 cm³/mol. The van der Waals surface area contributed by atoms with E-state index in [0.29, 0.717) is 35.1 Å². The minimum absolute atomic E-state index is 0.0769. The van der Waals surface area contributed by atoms with Crippen molar-refractivity contribution in [2.45, 2.75) is 32.4 Å². The lowest BCUT2D eigenvalue weighted by Crippen LogP contribution is -2.56. The fraction of sp³-hybridized carbons (Fsp3) is 0.400. The fourth-order valence-electron chi connectivity index (χ4n) is 3.82. The van der Waals surface area contributed by atoms with Gasteiger partial charge in [0.2, 0.25) is 10.0 Å². The van der Waals surface area contributed by atoms with Crippen molar-refractivity contribution in [2.75, 3.05) is 23.7 Å². The van der Waals surface area contributed by atoms with Gasteiger partial charge < -0.3 is 4.74 Å². The first-order valence-electron chi connectivity index (χ1n) is 9.37. The van der Waals surface area contributed by atoms with Gasteiger partial charge in [-0.1, -0.05) is 11.6 Å². The molecular weight excluding hydrogens is 414 g/mol. The molecule has 1 aromatic carbocycles. The summed E-state index contributed by atoms with van der Waals surface area (Å²) in [6.07, 6.45) is 2.96. The van der Waals surface area contributed by atoms with E-state index < -0.39 is 15.6 Å². The molecule has 0 radical (unpaired) electrons. The quantitative estimate of drug-likeness (QED) is 0.721. The van der Waals surface area contributed by atoms with Crippen molar-refractivity contribution in [3.8, 4) is 5.75 Å². The number of sulfonamides is 1. The highest BCUT2D eigenvalue weighted by molar-refractivity contribution is 7.89. The smallest absolute Gasteiger partial charge is 0.259 e. The van der Waals surface area contributed by atoms with E-state index in [0.717, 1.165) is 5.56 Å². The predicted octanol–water partition coefficient (Wildman–Crippen LogP) is 3.04. The lowest BCUT2D eigenvalue weighted by atomic mass is 9.93. The first-order valence-corrected chi connectivity index (χ1v) is 11.4. The Balaban J connectivity index is 1.55. The Morgan fingerprint density at radius 2 is 1.97 bits per heavy atom. The van der Waals surface area contributed by atoms with Gasteiger partial charge in [0, 0.05) is 16.7 Å². The molecule has 1 aromatic heterocycles. The van der Waals surface area contributed by atoms with Crippen molar-refractivity contribution in [1.82, 2.24) is 9.29 Å². The Labute approximate surface area is 175 Å². The highest BCUT2D eigenvalue weighted by Crippen LogP contribution is 2.43. The third-order valence-electron chi connectivity index (χ3n) is 5.47. The number of carbonyl (C=O) groups is 1. The van der Waals surface area contributed by atoms with Crippen molar-refractivity contribution in [3.63, 3.8) is 0 Å². The van der Waals surface area contributed by atoms with Crippen LogP contribution in [-0.4, -0.2) is 48.6 Å². The molecule has 3 heterocycles. The number of ether oxygens (including phenoxy) is 1. The molecule has 2 aliphatic heterocycles. The van der Waals surface area contributed by atoms with Gasteiger partial charge in [-0.3, -0.25) is 14.7 Å². The van der Waals surface area contributed by atoms with Crippen molar-refractivity contribution < 1.29 is 17.9 Å². The minimum atomic E-state index is -3.19. The normalized spacial score (nSPS) is 19.2. The number of nitrogens with zero attached hydrogens (tertiary/aromatic N) is 3. The average Bonchev–Trinajstić information content (AvgIpc) is 2.83. The zero-order chi connectivity index (χ0) is 21.0. The maximum Gasteiger partial charge on any atom is 0.259 e. The minimum Gasteiger partial charge on any atom is -0.486 e. The van der Waals surface area contributed by atoms with E-state index in [1.807, 2.05) is 19.9 Å². The van der Waals surface area contributed by atoms with E-state index in [1.54, 1.807) is 42.4 Å². The summed E-state index contributed by atoms with van der Waals surface area (Å²) < 4.78 is 31.0. The van der Waals surface area contributed by atoms with Crippen LogP contribution in [0.4, 0.5) is 5.69 Å². The van der Waals surface area contributed by atoms with Crippen molar-refractivity contribution in [2.24, 2.45) is 0 Å². The number of hydrogen-bond donors (Lipinski definition) is 0. The first kappa shape index (κ1) is 20.1. The molecule has 1 saturated heterocycles. The van der Waals surface area contributed by atoms with Crippen LogP contribution in [-0.2, 0) is 15.6 Å². The summed E-state index contributed by atoms with van der Waals surface area (Å²) in [7, 11) is -3.19. The van der Waals surface area contributed by atoms with Gasteiger partial charge in [0.15, 0.2) is 0 Å². The number of amides is 1. The van der Waals surface area contributed by atoms with Gasteiger partial charge in [-0.15, -0.1) is 0 Å². The number of fused-ring (bicyclic) bond motifs is 1. The molecule has 2 aliphatic rings. The highest BCUT2D eigenvalue weighted by atomic mass is 35.5. The molecule has 0 N–H and O–H groups in total. The largest absolute Gasteiger partial charge is 0.486 e. The average molecular weight is 436 g/mol. The zero-order valence-corrected chi connectivity index (χ0v) is 18.0. The lowest BCUT2D eigenvalue weighted by Gasteiger charge is -2.37. The molecule has 1 amide bonds. The van der Waals surface area contributed by atoms with Crippen LogP contribution in [0.3, 0.4) is 0 Å². The third kappa shape index (κ3) is 3.39. The van der Waals surface area contributed by atoms with E-state index in [2.05, 4.69) is 4.98 Å². The van der Waals surface area contributed by atoms with Crippen LogP contribution < -0.4 is 9.64 Å². The molecule has 0 spiro atoms. The van der Waals surface area contributed by atoms with Gasteiger partial charge in [0.25, 0.3) is 5.91 Å². The number of hydrogen-bond acceptors (Lipinski definition) is 5. The zero-order valence-electron chi connectivity index (χ0n) is 16.4. The second-order valence-electron chi connectivity index (χ2n) is 7.73. The van der Waals surface area contributed by atoms with Crippen molar-refractivity contribution in [1.29, 1.82) is 0 Å². The summed E-state index contributed by atoms with van der Waals surface area (Å²) in [6.45, 7) is 6.17. The maximum absolute atomic E-state index is 13.1. The molecule has 29 heavy (non-hydrogen) atoms. The molecule has 1 fully saturated rings. The molecule has 2 aromatic rings. The lowest BCUT2D eigenvalue weighted by molar-refractivity contribution is 0.0760. The summed E-state index contributed by atoms with van der Waals surface area (Å²) >= 11 is 6.14. The Morgan fingerprint density at radius 1 is 1.24 bits per heavy atom. The van der Waals surface area contributed by atoms with Gasteiger partial charge in [-0.05, 0) is 44.5 Å². The number of rotatable bonds is 5. The van der Waals surface area contributed by atoms with Gasteiger partial charge >= 0.3 is 0 Å². The number of halogens is 1. The summed E-state index contributed by atoms with van der Waals surface area (Å²) in [4.78, 5) is 19.0. The fourth-order valence-corrected chi connectivity index (χ4v) is 5.14. The van der Waals surface area contributed by atoms with Crippen molar-refractivity contribution >= 4 is 33.2 Å². The van der Waals surface area contributed by atoms with E-state index in [9.17, 15) is 13.2 Å². The molecule has 0 bridgehead atoms. The second-order valence-corrected chi connectivity index (χ2v) is 10.4. The monoisotopic (exact) mass is 435 g/mol. The van der Waals surface area contributed by atoms with Crippen LogP contribution >= 0.6 is 11.6 Å². The SMILES string of the molecule is CCS(=O)(=O)N1CC(Oc2cncc(N3C(=O)c4ccc(Cl)cc4C3(C)C)c2)C1. The summed E-state index contributed by atoms with van der Waals surface area (Å²) in [5.74, 6) is 0.455. The van der Waals surface area contributed by atoms with Crippen molar-refractivity contribution in [3.05, 3.63) is 52.8 Å². The maximum atomic E-state index is 13.1. The molecule has 0 aliphatic carbocycles. The molecule has 0 saturated carbocycles. The van der Waals surface area contributed by atoms with E-state index in [4.69, 9.17) is 16.3 Å². The Bertz CT molecular complexity index is 1080. The standard InChI is InChI=1S/C20H22ClN3O4S/c1-4-29(26,27)23-11-16(12-23)28-15-8-14(9-22-10-15)24-19(25)17-6-5-13(21)7-18(17)20(24,2)3/h5-10,16H,4,11-12H2,1-3H3. The molecular formula is C20H22ClN3O4S. The van der Waals surface area contributed by atoms with Gasteiger partial charge in [-0.2, -0.15) is 4.31 Å². The number of aromatic nitrogens is 1. The van der Waals surface area contributed by atoms with E-state index >= 15 is 0 Å². The summed E-state index contributed by atoms with van der Waals surface area (Å²) in [6, 6.07) is 7.03. The Morgan fingerprint density at radius 3 is 2.66 bits per heavy atom. The van der Waals surface area contributed by atoms with Gasteiger partial charge in [0.05, 0.1) is 42.5 Å². The highest BCUT2D eigenvalue weighted by Gasteiger charge is 2.44. The molecule has 0 unspecified atom stereocenters. The number of pyridine rings is 1. The van der Waals surface area contributed by atoms with Crippen LogP contribution in [0.1, 0.15) is 36.7 Å². The topological polar surface area (TPSA) is 79.8 Å². The van der Waals surface area contributed by atoms with Gasteiger partial charge in [-0.25, -0.2) is 8.42 Å². The summed E-state index contributed by atoms with van der Waals surface area (Å²) in [5.41, 5.74) is 1.49. The summed E-state index contributed by atoms with van der Waals surface area (Å²) in [5, 5.41) is 0.582. The van der Waals surface area contributed by atoms with E-state index in [1.165, 1.54) is 4.31 Å². The van der Waals surface area contributed by atoms with E-state index in [-0.39, 0.29) is 17.8 Å². The molecule has 4 rings (SSSR count). The molecule has 7 nitrogen and oxygen atoms in total. The second kappa shape index (κ2) is 6.97. The number of carbonyl (C=O) groups excluding carboxylic acids is 1. The van der Waals surface area contributed by atoms with Crippen LogP contribution in [0.15, 0.2) is 36.7 Å². The third-order valence-corrected chi connectivity index (χ3v) is 7.52. The number of benzene rings is 1. The van der Waals surface area contributed by atoms with Crippen LogP contribution in [0.25, 0.3) is 0 Å². The first-order chi connectivity index (χ1) is 13.6. The molecule has 0 atom stereocenters.